The molecule has 18 heavy (non-hydrogen) atoms. The first kappa shape index (κ1) is 13.1. The average molecular weight is 272 g/mol. The second kappa shape index (κ2) is 4.12. The van der Waals surface area contributed by atoms with E-state index >= 15 is 0 Å². The topological polar surface area (TPSA) is 72.2 Å². The van der Waals surface area contributed by atoms with Crippen LogP contribution in [0.3, 0.4) is 0 Å². The Hall–Kier alpha value is -1.30. The van der Waals surface area contributed by atoms with E-state index in [1.165, 1.54) is 6.07 Å². The molecule has 0 saturated carbocycles. The van der Waals surface area contributed by atoms with E-state index in [0.29, 0.717) is 23.4 Å². The summed E-state index contributed by atoms with van der Waals surface area (Å²) in [6.45, 7) is 3.49. The second-order valence-corrected chi connectivity index (χ2v) is 7.40. The van der Waals surface area contributed by atoms with E-state index < -0.39 is 15.4 Å². The van der Waals surface area contributed by atoms with Crippen LogP contribution in [0, 0.1) is 12.7 Å². The molecule has 1 fully saturated rings. The summed E-state index contributed by atoms with van der Waals surface area (Å²) in [5, 5.41) is 3.14. The van der Waals surface area contributed by atoms with Gasteiger partial charge in [-0.2, -0.15) is 0 Å². The van der Waals surface area contributed by atoms with Crippen molar-refractivity contribution in [3.05, 3.63) is 23.5 Å². The molecule has 1 aromatic carbocycles. The molecule has 2 rings (SSSR count). The van der Waals surface area contributed by atoms with Crippen LogP contribution in [0.4, 0.5) is 15.8 Å². The zero-order valence-electron chi connectivity index (χ0n) is 10.5. The summed E-state index contributed by atoms with van der Waals surface area (Å²) in [7, 11) is -2.98. The van der Waals surface area contributed by atoms with Gasteiger partial charge in [0.25, 0.3) is 0 Å². The Balaban J connectivity index is 2.28. The number of nitrogens with two attached hydrogens (primary N) is 1. The largest absolute Gasteiger partial charge is 0.397 e. The molecule has 0 aliphatic carbocycles. The predicted octanol–water partition coefficient (Wildman–Crippen LogP) is 1.71. The standard InChI is InChI=1S/C12H17FN2O2S/c1-8-5-11(10(14)6-9(8)13)15-12(2)3-4-18(16,17)7-12/h5-6,15H,3-4,7,14H2,1-2H3. The number of benzene rings is 1. The molecule has 0 bridgehead atoms. The van der Waals surface area contributed by atoms with E-state index in [-0.39, 0.29) is 17.3 Å². The highest BCUT2D eigenvalue weighted by atomic mass is 32.2. The fraction of sp³-hybridized carbons (Fsp3) is 0.500. The number of aryl methyl sites for hydroxylation is 1. The fourth-order valence-corrected chi connectivity index (χ4v) is 4.33. The summed E-state index contributed by atoms with van der Waals surface area (Å²) < 4.78 is 36.3. The summed E-state index contributed by atoms with van der Waals surface area (Å²) >= 11 is 0. The van der Waals surface area contributed by atoms with Gasteiger partial charge in [0, 0.05) is 5.54 Å². The first-order valence-corrected chi connectivity index (χ1v) is 7.57. The fourth-order valence-electron chi connectivity index (χ4n) is 2.24. The molecule has 1 saturated heterocycles. The number of anilines is 2. The molecule has 3 N–H and O–H groups in total. The van der Waals surface area contributed by atoms with E-state index in [0.717, 1.165) is 0 Å². The van der Waals surface area contributed by atoms with Crippen molar-refractivity contribution in [1.82, 2.24) is 0 Å². The molecule has 1 heterocycles. The molecule has 1 unspecified atom stereocenters. The minimum Gasteiger partial charge on any atom is -0.397 e. The third-order valence-corrected chi connectivity index (χ3v) is 5.17. The Morgan fingerprint density at radius 2 is 2.11 bits per heavy atom. The maximum Gasteiger partial charge on any atom is 0.152 e. The van der Waals surface area contributed by atoms with Crippen molar-refractivity contribution in [2.24, 2.45) is 0 Å². The van der Waals surface area contributed by atoms with E-state index in [1.807, 2.05) is 6.92 Å². The average Bonchev–Trinajstić information content (AvgIpc) is 2.50. The summed E-state index contributed by atoms with van der Waals surface area (Å²) in [6.07, 6.45) is 0.533. The van der Waals surface area contributed by atoms with Crippen LogP contribution in [0.1, 0.15) is 18.9 Å². The molecule has 1 atom stereocenters. The number of nitrogen functional groups attached to an aromatic ring is 1. The van der Waals surface area contributed by atoms with Crippen LogP contribution in [-0.2, 0) is 9.84 Å². The van der Waals surface area contributed by atoms with Gasteiger partial charge in [0.1, 0.15) is 5.82 Å². The van der Waals surface area contributed by atoms with Gasteiger partial charge in [0.05, 0.1) is 22.9 Å². The molecule has 0 amide bonds. The Morgan fingerprint density at radius 3 is 2.67 bits per heavy atom. The van der Waals surface area contributed by atoms with Crippen LogP contribution in [-0.4, -0.2) is 25.5 Å². The lowest BCUT2D eigenvalue weighted by molar-refractivity contribution is 0.573. The minimum absolute atomic E-state index is 0.0792. The lowest BCUT2D eigenvalue weighted by atomic mass is 10.0. The molecule has 0 radical (unpaired) electrons. The smallest absolute Gasteiger partial charge is 0.152 e. The lowest BCUT2D eigenvalue weighted by Crippen LogP contribution is -2.36. The van der Waals surface area contributed by atoms with Gasteiger partial charge in [0.2, 0.25) is 0 Å². The second-order valence-electron chi connectivity index (χ2n) is 5.22. The Kier molecular flexibility index (Phi) is 3.01. The van der Waals surface area contributed by atoms with Gasteiger partial charge < -0.3 is 11.1 Å². The maximum absolute atomic E-state index is 13.3. The van der Waals surface area contributed by atoms with Gasteiger partial charge in [-0.15, -0.1) is 0 Å². The van der Waals surface area contributed by atoms with Crippen molar-refractivity contribution in [1.29, 1.82) is 0 Å². The van der Waals surface area contributed by atoms with Crippen molar-refractivity contribution < 1.29 is 12.8 Å². The van der Waals surface area contributed by atoms with E-state index in [1.54, 1.807) is 13.0 Å². The quantitative estimate of drug-likeness (QED) is 0.804. The Morgan fingerprint density at radius 1 is 1.44 bits per heavy atom. The first-order valence-electron chi connectivity index (χ1n) is 5.75. The lowest BCUT2D eigenvalue weighted by Gasteiger charge is -2.26. The summed E-state index contributed by atoms with van der Waals surface area (Å²) in [4.78, 5) is 0. The van der Waals surface area contributed by atoms with Gasteiger partial charge in [-0.25, -0.2) is 12.8 Å². The highest BCUT2D eigenvalue weighted by Crippen LogP contribution is 2.31. The monoisotopic (exact) mass is 272 g/mol. The molecule has 1 aromatic rings. The van der Waals surface area contributed by atoms with Crippen molar-refractivity contribution in [2.75, 3.05) is 22.6 Å². The Labute approximate surface area is 106 Å². The number of rotatable bonds is 2. The summed E-state index contributed by atoms with van der Waals surface area (Å²) in [6, 6.07) is 2.87. The van der Waals surface area contributed by atoms with Crippen molar-refractivity contribution in [3.63, 3.8) is 0 Å². The highest BCUT2D eigenvalue weighted by Gasteiger charge is 2.38. The molecule has 1 aliphatic heterocycles. The van der Waals surface area contributed by atoms with Crippen LogP contribution in [0.2, 0.25) is 0 Å². The number of halogens is 1. The van der Waals surface area contributed by atoms with Crippen LogP contribution in [0.15, 0.2) is 12.1 Å². The number of hydrogen-bond donors (Lipinski definition) is 2. The van der Waals surface area contributed by atoms with E-state index in [2.05, 4.69) is 5.32 Å². The number of hydrogen-bond acceptors (Lipinski definition) is 4. The maximum atomic E-state index is 13.3. The number of sulfone groups is 1. The molecular weight excluding hydrogens is 255 g/mol. The minimum atomic E-state index is -2.98. The number of nitrogens with one attached hydrogen (secondary N) is 1. The predicted molar refractivity (Wildman–Crippen MR) is 70.8 cm³/mol. The van der Waals surface area contributed by atoms with Crippen LogP contribution >= 0.6 is 0 Å². The molecule has 0 aromatic heterocycles. The first-order chi connectivity index (χ1) is 8.21. The summed E-state index contributed by atoms with van der Waals surface area (Å²) in [5.41, 5.74) is 6.58. The van der Waals surface area contributed by atoms with Crippen LogP contribution in [0.5, 0.6) is 0 Å². The van der Waals surface area contributed by atoms with Crippen LogP contribution in [0.25, 0.3) is 0 Å². The molecule has 6 heteroatoms. The zero-order chi connectivity index (χ0) is 13.6. The molecule has 1 aliphatic rings. The van der Waals surface area contributed by atoms with Crippen molar-refractivity contribution in [3.8, 4) is 0 Å². The van der Waals surface area contributed by atoms with Gasteiger partial charge in [-0.3, -0.25) is 0 Å². The third kappa shape index (κ3) is 2.58. The SMILES string of the molecule is Cc1cc(NC2(C)CCS(=O)(=O)C2)c(N)cc1F. The van der Waals surface area contributed by atoms with Gasteiger partial charge in [-0.1, -0.05) is 0 Å². The zero-order valence-corrected chi connectivity index (χ0v) is 11.3. The third-order valence-electron chi connectivity index (χ3n) is 3.27. The van der Waals surface area contributed by atoms with Gasteiger partial charge >= 0.3 is 0 Å². The van der Waals surface area contributed by atoms with Crippen LogP contribution < -0.4 is 11.1 Å². The van der Waals surface area contributed by atoms with Crippen molar-refractivity contribution in [2.45, 2.75) is 25.8 Å². The van der Waals surface area contributed by atoms with Gasteiger partial charge in [-0.05, 0) is 38.0 Å². The molecule has 100 valence electrons. The molecule has 0 spiro atoms. The normalized spacial score (nSPS) is 26.2. The molecular formula is C12H17FN2O2S. The van der Waals surface area contributed by atoms with E-state index in [4.69, 9.17) is 5.73 Å². The Bertz CT molecular complexity index is 586. The highest BCUT2D eigenvalue weighted by molar-refractivity contribution is 7.91. The molecule has 4 nitrogen and oxygen atoms in total. The van der Waals surface area contributed by atoms with Gasteiger partial charge in [0.15, 0.2) is 9.84 Å². The van der Waals surface area contributed by atoms with Crippen molar-refractivity contribution >= 4 is 21.2 Å². The summed E-state index contributed by atoms with van der Waals surface area (Å²) in [5.74, 6) is -0.103. The van der Waals surface area contributed by atoms with E-state index in [9.17, 15) is 12.8 Å².